The van der Waals surface area contributed by atoms with Gasteiger partial charge >= 0.3 is 9.28 Å². The van der Waals surface area contributed by atoms with E-state index in [2.05, 4.69) is 37.5 Å². The lowest BCUT2D eigenvalue weighted by atomic mass is 10.3. The van der Waals surface area contributed by atoms with E-state index in [-0.39, 0.29) is 18.0 Å². The van der Waals surface area contributed by atoms with E-state index >= 15 is 0 Å². The van der Waals surface area contributed by atoms with Gasteiger partial charge in [-0.2, -0.15) is 0 Å². The molecule has 0 saturated carbocycles. The maximum Gasteiger partial charge on any atom is 0.322 e. The number of nitrogens with zero attached hydrogens (tertiary/aromatic N) is 2. The Morgan fingerprint density at radius 3 is 2.30 bits per heavy atom. The summed E-state index contributed by atoms with van der Waals surface area (Å²) >= 11 is 1.33. The number of benzene rings is 1. The Morgan fingerprint density at radius 1 is 1.07 bits per heavy atom. The van der Waals surface area contributed by atoms with E-state index in [9.17, 15) is 4.79 Å². The molecule has 0 spiro atoms. The number of rotatable bonds is 17. The third-order valence-corrected chi connectivity index (χ3v) is 8.00. The number of carbonyl (C=O) groups excluding carboxylic acids is 1. The summed E-state index contributed by atoms with van der Waals surface area (Å²) in [6, 6.07) is 10.3. The van der Waals surface area contributed by atoms with Crippen molar-refractivity contribution in [3.8, 4) is 5.75 Å². The Balaban J connectivity index is 2.40. The molecule has 0 heterocycles. The molecule has 2 unspecified atom stereocenters. The summed E-state index contributed by atoms with van der Waals surface area (Å²) in [7, 11) is -0.0386. The maximum absolute atomic E-state index is 12.0. The molecule has 0 aliphatic carbocycles. The predicted molar refractivity (Wildman–Crippen MR) is 129 cm³/mol. The number of thioether (sulfide) groups is 1. The zero-order chi connectivity index (χ0) is 22.2. The number of hydrogen-bond donors (Lipinski definition) is 0. The second kappa shape index (κ2) is 16.7. The van der Waals surface area contributed by atoms with E-state index in [1.165, 1.54) is 11.8 Å². The Labute approximate surface area is 189 Å². The Kier molecular flexibility index (Phi) is 15.1. The van der Waals surface area contributed by atoms with Crippen LogP contribution in [0.25, 0.3) is 0 Å². The van der Waals surface area contributed by atoms with Crippen LogP contribution in [-0.2, 0) is 13.6 Å². The van der Waals surface area contributed by atoms with Crippen LogP contribution in [0.4, 0.5) is 0 Å². The summed E-state index contributed by atoms with van der Waals surface area (Å²) in [5, 5.41) is 0.0537. The largest absolute Gasteiger partial charge is 0.485 e. The molecule has 1 rings (SSSR count). The highest BCUT2D eigenvalue weighted by Gasteiger charge is 2.24. The van der Waals surface area contributed by atoms with Gasteiger partial charge in [0.2, 0.25) is 5.12 Å². The third kappa shape index (κ3) is 10.9. The molecule has 1 aromatic rings. The van der Waals surface area contributed by atoms with Crippen molar-refractivity contribution in [1.82, 2.24) is 9.80 Å². The molecule has 1 aromatic carbocycles. The Hall–Kier alpha value is -0.903. The fraction of sp³-hybridized carbons (Fsp3) is 0.682. The number of ether oxygens (including phenoxy) is 1. The standard InChI is InChI=1S/C22H40N2O4SSi/c1-6-23(7-2)18-21(24(8-3)9-4)28-30(26-5)17-13-16-29-22(25)19-27-20-14-11-10-12-15-20/h10-12,14-15,21,30H,6-9,13,16-19H2,1-5H3. The second-order valence-corrected chi connectivity index (χ2v) is 10.3. The summed E-state index contributed by atoms with van der Waals surface area (Å²) in [4.78, 5) is 16.8. The molecular weight excluding hydrogens is 416 g/mol. The molecule has 6 nitrogen and oxygen atoms in total. The van der Waals surface area contributed by atoms with Gasteiger partial charge < -0.3 is 13.6 Å². The monoisotopic (exact) mass is 456 g/mol. The topological polar surface area (TPSA) is 51.2 Å². The second-order valence-electron chi connectivity index (χ2n) is 6.93. The van der Waals surface area contributed by atoms with Gasteiger partial charge in [-0.25, -0.2) is 0 Å². The zero-order valence-corrected chi connectivity index (χ0v) is 21.3. The summed E-state index contributed by atoms with van der Waals surface area (Å²) in [5.41, 5.74) is 0. The van der Waals surface area contributed by atoms with Gasteiger partial charge in [-0.15, -0.1) is 0 Å². The quantitative estimate of drug-likeness (QED) is 0.202. The van der Waals surface area contributed by atoms with Gasteiger partial charge in [0.15, 0.2) is 6.61 Å². The predicted octanol–water partition coefficient (Wildman–Crippen LogP) is 3.61. The minimum Gasteiger partial charge on any atom is -0.485 e. The molecule has 172 valence electrons. The highest BCUT2D eigenvalue weighted by atomic mass is 32.2. The normalized spacial score (nSPS) is 13.6. The lowest BCUT2D eigenvalue weighted by molar-refractivity contribution is -0.112. The fourth-order valence-corrected chi connectivity index (χ4v) is 5.74. The van der Waals surface area contributed by atoms with Crippen LogP contribution in [0, 0.1) is 0 Å². The molecule has 30 heavy (non-hydrogen) atoms. The summed E-state index contributed by atoms with van der Waals surface area (Å²) in [6.45, 7) is 13.7. The molecular formula is C22H40N2O4SSi. The molecule has 0 saturated heterocycles. The van der Waals surface area contributed by atoms with Crippen LogP contribution in [0.1, 0.15) is 34.1 Å². The summed E-state index contributed by atoms with van der Waals surface area (Å²) in [6.07, 6.45) is 0.966. The highest BCUT2D eigenvalue weighted by molar-refractivity contribution is 8.13. The van der Waals surface area contributed by atoms with Crippen LogP contribution in [0.5, 0.6) is 5.75 Å². The van der Waals surface area contributed by atoms with Crippen LogP contribution in [-0.4, -0.2) is 82.6 Å². The van der Waals surface area contributed by atoms with Crippen molar-refractivity contribution in [1.29, 1.82) is 0 Å². The molecule has 0 radical (unpaired) electrons. The molecule has 0 N–H and O–H groups in total. The van der Waals surface area contributed by atoms with Gasteiger partial charge in [-0.1, -0.05) is 57.7 Å². The van der Waals surface area contributed by atoms with Gasteiger partial charge in [-0.05, 0) is 50.8 Å². The lowest BCUT2D eigenvalue weighted by Gasteiger charge is -2.35. The summed E-state index contributed by atoms with van der Waals surface area (Å²) in [5.74, 6) is 1.49. The highest BCUT2D eigenvalue weighted by Crippen LogP contribution is 2.14. The van der Waals surface area contributed by atoms with E-state index in [4.69, 9.17) is 13.6 Å². The minimum absolute atomic E-state index is 0.0537. The van der Waals surface area contributed by atoms with Crippen molar-refractivity contribution in [2.45, 2.75) is 46.4 Å². The van der Waals surface area contributed by atoms with E-state index in [0.717, 1.165) is 56.7 Å². The SMILES string of the molecule is CCN(CC)CC(O[SiH](CCCSC(=O)COc1ccccc1)OC)N(CC)CC. The van der Waals surface area contributed by atoms with Crippen molar-refractivity contribution < 1.29 is 18.4 Å². The lowest BCUT2D eigenvalue weighted by Crippen LogP contribution is -2.48. The first-order valence-electron chi connectivity index (χ1n) is 11.1. The van der Waals surface area contributed by atoms with E-state index < -0.39 is 9.28 Å². The molecule has 0 aromatic heterocycles. The van der Waals surface area contributed by atoms with Crippen LogP contribution in [0.3, 0.4) is 0 Å². The number of para-hydroxylation sites is 1. The summed E-state index contributed by atoms with van der Waals surface area (Å²) < 4.78 is 17.7. The minimum atomic E-state index is -1.79. The van der Waals surface area contributed by atoms with E-state index in [1.54, 1.807) is 7.11 Å². The average molecular weight is 457 g/mol. The molecule has 0 aliphatic heterocycles. The molecule has 0 bridgehead atoms. The molecule has 0 amide bonds. The van der Waals surface area contributed by atoms with Crippen molar-refractivity contribution in [3.63, 3.8) is 0 Å². The van der Waals surface area contributed by atoms with Gasteiger partial charge in [0.1, 0.15) is 12.0 Å². The van der Waals surface area contributed by atoms with Gasteiger partial charge in [0, 0.05) is 19.4 Å². The number of likely N-dealkylation sites (N-methyl/N-ethyl adjacent to an activating group) is 2. The smallest absolute Gasteiger partial charge is 0.322 e. The molecule has 0 aliphatic rings. The van der Waals surface area contributed by atoms with Crippen molar-refractivity contribution in [3.05, 3.63) is 30.3 Å². The first kappa shape index (κ1) is 27.1. The number of carbonyl (C=O) groups is 1. The van der Waals surface area contributed by atoms with Gasteiger partial charge in [0.25, 0.3) is 0 Å². The Bertz CT molecular complexity index is 559. The van der Waals surface area contributed by atoms with E-state index in [1.807, 2.05) is 30.3 Å². The van der Waals surface area contributed by atoms with Crippen LogP contribution >= 0.6 is 11.8 Å². The molecule has 0 fully saturated rings. The van der Waals surface area contributed by atoms with Crippen molar-refractivity contribution in [2.75, 3.05) is 52.2 Å². The first-order valence-corrected chi connectivity index (χ1v) is 13.8. The zero-order valence-electron chi connectivity index (χ0n) is 19.3. The van der Waals surface area contributed by atoms with Gasteiger partial charge in [-0.3, -0.25) is 14.6 Å². The van der Waals surface area contributed by atoms with Crippen LogP contribution in [0.15, 0.2) is 30.3 Å². The third-order valence-electron chi connectivity index (χ3n) is 5.05. The van der Waals surface area contributed by atoms with Gasteiger partial charge in [0.05, 0.1) is 0 Å². The van der Waals surface area contributed by atoms with Crippen LogP contribution in [0.2, 0.25) is 6.04 Å². The molecule has 2 atom stereocenters. The first-order chi connectivity index (χ1) is 14.6. The van der Waals surface area contributed by atoms with Crippen molar-refractivity contribution >= 4 is 26.2 Å². The average Bonchev–Trinajstić information content (AvgIpc) is 2.78. The van der Waals surface area contributed by atoms with Crippen LogP contribution < -0.4 is 4.74 Å². The van der Waals surface area contributed by atoms with Crippen molar-refractivity contribution in [2.24, 2.45) is 0 Å². The number of hydrogen-bond acceptors (Lipinski definition) is 7. The fourth-order valence-electron chi connectivity index (χ4n) is 3.13. The van der Waals surface area contributed by atoms with E-state index in [0.29, 0.717) is 0 Å². The maximum atomic E-state index is 12.0. The Morgan fingerprint density at radius 2 is 1.73 bits per heavy atom. The molecule has 8 heteroatoms.